The van der Waals surface area contributed by atoms with E-state index in [0.717, 1.165) is 0 Å². The van der Waals surface area contributed by atoms with Crippen LogP contribution in [0.25, 0.3) is 0 Å². The highest BCUT2D eigenvalue weighted by Crippen LogP contribution is 2.20. The second-order valence-electron chi connectivity index (χ2n) is 3.57. The van der Waals surface area contributed by atoms with Crippen LogP contribution in [0.4, 0.5) is 5.69 Å². The van der Waals surface area contributed by atoms with Gasteiger partial charge in [-0.2, -0.15) is 0 Å². The smallest absolute Gasteiger partial charge is 0.261 e. The Hall–Kier alpha value is -1.23. The van der Waals surface area contributed by atoms with Crippen molar-refractivity contribution in [1.29, 1.82) is 0 Å². The van der Waals surface area contributed by atoms with Crippen LogP contribution in [0, 0.1) is 0 Å². The predicted octanol–water partition coefficient (Wildman–Crippen LogP) is 3.79. The molecule has 0 amide bonds. The van der Waals surface area contributed by atoms with Crippen molar-refractivity contribution in [2.24, 2.45) is 0 Å². The van der Waals surface area contributed by atoms with Crippen molar-refractivity contribution in [3.8, 4) is 0 Å². The molecule has 0 unspecified atom stereocenters. The van der Waals surface area contributed by atoms with Gasteiger partial charge in [-0.15, -0.1) is 0 Å². The molecular formula is C12H9Cl2NO2S. The zero-order valence-electron chi connectivity index (χ0n) is 9.10. The van der Waals surface area contributed by atoms with Gasteiger partial charge in [0.25, 0.3) is 10.0 Å². The summed E-state index contributed by atoms with van der Waals surface area (Å²) < 4.78 is 26.5. The van der Waals surface area contributed by atoms with Gasteiger partial charge in [0.15, 0.2) is 0 Å². The number of rotatable bonds is 3. The van der Waals surface area contributed by atoms with E-state index < -0.39 is 10.0 Å². The highest BCUT2D eigenvalue weighted by atomic mass is 35.5. The first kappa shape index (κ1) is 13.2. The van der Waals surface area contributed by atoms with Crippen LogP contribution in [-0.2, 0) is 10.0 Å². The lowest BCUT2D eigenvalue weighted by atomic mass is 10.3. The molecule has 0 heterocycles. The first-order valence-electron chi connectivity index (χ1n) is 5.01. The zero-order valence-corrected chi connectivity index (χ0v) is 11.4. The normalized spacial score (nSPS) is 11.2. The summed E-state index contributed by atoms with van der Waals surface area (Å²) in [5, 5.41) is 0.947. The molecule has 6 heteroatoms. The van der Waals surface area contributed by atoms with Gasteiger partial charge in [-0.1, -0.05) is 29.3 Å². The molecule has 0 aromatic heterocycles. The maximum atomic E-state index is 12.0. The van der Waals surface area contributed by atoms with Gasteiger partial charge in [0.05, 0.1) is 10.6 Å². The molecule has 0 aliphatic rings. The molecule has 0 aliphatic heterocycles. The average Bonchev–Trinajstić information content (AvgIpc) is 2.29. The number of hydrogen-bond donors (Lipinski definition) is 1. The van der Waals surface area contributed by atoms with Crippen LogP contribution in [0.3, 0.4) is 0 Å². The number of benzene rings is 2. The third-order valence-corrected chi connectivity index (χ3v) is 4.09. The van der Waals surface area contributed by atoms with Crippen LogP contribution in [0.2, 0.25) is 10.0 Å². The van der Waals surface area contributed by atoms with Crippen molar-refractivity contribution in [3.05, 3.63) is 58.6 Å². The molecule has 94 valence electrons. The molecule has 0 bridgehead atoms. The fourth-order valence-corrected chi connectivity index (χ4v) is 2.75. The highest BCUT2D eigenvalue weighted by molar-refractivity contribution is 7.92. The van der Waals surface area contributed by atoms with E-state index in [0.29, 0.717) is 15.7 Å². The molecule has 3 nitrogen and oxygen atoms in total. The number of nitrogens with one attached hydrogen (secondary N) is 1. The fourth-order valence-electron chi connectivity index (χ4n) is 1.38. The van der Waals surface area contributed by atoms with Crippen LogP contribution < -0.4 is 4.72 Å². The van der Waals surface area contributed by atoms with E-state index in [1.807, 2.05) is 0 Å². The summed E-state index contributed by atoms with van der Waals surface area (Å²) in [4.78, 5) is 0.145. The van der Waals surface area contributed by atoms with E-state index in [9.17, 15) is 8.42 Å². The minimum Gasteiger partial charge on any atom is -0.280 e. The van der Waals surface area contributed by atoms with Crippen LogP contribution in [0.5, 0.6) is 0 Å². The summed E-state index contributed by atoms with van der Waals surface area (Å²) in [6, 6.07) is 12.4. The minimum atomic E-state index is -3.61. The SMILES string of the molecule is O=S(=O)(Nc1cccc(Cl)c1)c1ccc(Cl)cc1. The maximum absolute atomic E-state index is 12.0. The summed E-state index contributed by atoms with van der Waals surface area (Å²) in [5.41, 5.74) is 0.414. The van der Waals surface area contributed by atoms with Crippen molar-refractivity contribution in [1.82, 2.24) is 0 Å². The molecule has 2 aromatic rings. The second-order valence-corrected chi connectivity index (χ2v) is 6.13. The van der Waals surface area contributed by atoms with Gasteiger partial charge in [-0.25, -0.2) is 8.42 Å². The van der Waals surface area contributed by atoms with E-state index in [1.165, 1.54) is 30.3 Å². The Morgan fingerprint density at radius 3 is 2.17 bits per heavy atom. The molecule has 0 spiro atoms. The molecule has 2 aromatic carbocycles. The Morgan fingerprint density at radius 1 is 0.889 bits per heavy atom. The van der Waals surface area contributed by atoms with E-state index in [4.69, 9.17) is 23.2 Å². The Bertz CT molecular complexity index is 654. The van der Waals surface area contributed by atoms with Crippen LogP contribution >= 0.6 is 23.2 Å². The Kier molecular flexibility index (Phi) is 3.80. The monoisotopic (exact) mass is 301 g/mol. The lowest BCUT2D eigenvalue weighted by Crippen LogP contribution is -2.12. The predicted molar refractivity (Wildman–Crippen MR) is 73.7 cm³/mol. The van der Waals surface area contributed by atoms with E-state index >= 15 is 0 Å². The number of hydrogen-bond acceptors (Lipinski definition) is 2. The Balaban J connectivity index is 2.30. The van der Waals surface area contributed by atoms with Crippen molar-refractivity contribution in [2.75, 3.05) is 4.72 Å². The standard InChI is InChI=1S/C12H9Cl2NO2S/c13-9-4-6-12(7-5-9)18(16,17)15-11-3-1-2-10(14)8-11/h1-8,15H. The molecule has 0 radical (unpaired) electrons. The van der Waals surface area contributed by atoms with Gasteiger partial charge in [0.2, 0.25) is 0 Å². The van der Waals surface area contributed by atoms with Crippen LogP contribution in [0.1, 0.15) is 0 Å². The van der Waals surface area contributed by atoms with Gasteiger partial charge in [-0.3, -0.25) is 4.72 Å². The number of anilines is 1. The van der Waals surface area contributed by atoms with E-state index in [-0.39, 0.29) is 4.90 Å². The largest absolute Gasteiger partial charge is 0.280 e. The van der Waals surface area contributed by atoms with Crippen molar-refractivity contribution < 1.29 is 8.42 Å². The minimum absolute atomic E-state index is 0.145. The molecular weight excluding hydrogens is 293 g/mol. The van der Waals surface area contributed by atoms with Crippen LogP contribution in [0.15, 0.2) is 53.4 Å². The third-order valence-electron chi connectivity index (χ3n) is 2.20. The first-order valence-corrected chi connectivity index (χ1v) is 7.25. The average molecular weight is 302 g/mol. The summed E-state index contributed by atoms with van der Waals surface area (Å²) >= 11 is 11.5. The second kappa shape index (κ2) is 5.18. The molecule has 0 fully saturated rings. The Labute approximate surface area is 115 Å². The van der Waals surface area contributed by atoms with E-state index in [1.54, 1.807) is 18.2 Å². The molecule has 1 N–H and O–H groups in total. The van der Waals surface area contributed by atoms with Gasteiger partial charge in [0.1, 0.15) is 0 Å². The Morgan fingerprint density at radius 2 is 1.56 bits per heavy atom. The fraction of sp³-hybridized carbons (Fsp3) is 0. The molecule has 0 aliphatic carbocycles. The molecule has 18 heavy (non-hydrogen) atoms. The highest BCUT2D eigenvalue weighted by Gasteiger charge is 2.13. The first-order chi connectivity index (χ1) is 8.47. The zero-order chi connectivity index (χ0) is 13.2. The number of sulfonamides is 1. The van der Waals surface area contributed by atoms with Gasteiger partial charge < -0.3 is 0 Å². The van der Waals surface area contributed by atoms with Crippen LogP contribution in [-0.4, -0.2) is 8.42 Å². The van der Waals surface area contributed by atoms with Crippen molar-refractivity contribution in [2.45, 2.75) is 4.90 Å². The quantitative estimate of drug-likeness (QED) is 0.937. The maximum Gasteiger partial charge on any atom is 0.261 e. The summed E-state index contributed by atoms with van der Waals surface area (Å²) in [7, 11) is -3.61. The third kappa shape index (κ3) is 3.16. The molecule has 2 rings (SSSR count). The topological polar surface area (TPSA) is 46.2 Å². The van der Waals surface area contributed by atoms with Gasteiger partial charge in [-0.05, 0) is 42.5 Å². The lowest BCUT2D eigenvalue weighted by molar-refractivity contribution is 0.601. The summed E-state index contributed by atoms with van der Waals surface area (Å²) in [6.07, 6.45) is 0. The van der Waals surface area contributed by atoms with Gasteiger partial charge >= 0.3 is 0 Å². The molecule has 0 saturated carbocycles. The lowest BCUT2D eigenvalue weighted by Gasteiger charge is -2.08. The van der Waals surface area contributed by atoms with Crippen molar-refractivity contribution >= 4 is 38.9 Å². The van der Waals surface area contributed by atoms with Gasteiger partial charge in [0, 0.05) is 10.0 Å². The molecule has 0 atom stereocenters. The number of halogens is 2. The van der Waals surface area contributed by atoms with E-state index in [2.05, 4.69) is 4.72 Å². The van der Waals surface area contributed by atoms with Crippen molar-refractivity contribution in [3.63, 3.8) is 0 Å². The summed E-state index contributed by atoms with van der Waals surface area (Å²) in [5.74, 6) is 0. The molecule has 0 saturated heterocycles. The summed E-state index contributed by atoms with van der Waals surface area (Å²) in [6.45, 7) is 0.